The van der Waals surface area contributed by atoms with E-state index in [2.05, 4.69) is 10.9 Å². The summed E-state index contributed by atoms with van der Waals surface area (Å²) in [4.78, 5) is 24.5. The molecule has 0 fully saturated rings. The second-order valence-corrected chi connectivity index (χ2v) is 7.72. The Bertz CT molecular complexity index is 723. The van der Waals surface area contributed by atoms with Gasteiger partial charge in [0.1, 0.15) is 0 Å². The molecule has 4 nitrogen and oxygen atoms in total. The molecule has 132 valence electrons. The highest BCUT2D eigenvalue weighted by Crippen LogP contribution is 2.20. The van der Waals surface area contributed by atoms with E-state index in [9.17, 15) is 9.59 Å². The SMILES string of the molecule is Cc1ccc(SCC(=O)NNC(=O)CSCc2ccccc2Cl)cc1. The van der Waals surface area contributed by atoms with Gasteiger partial charge in [0.05, 0.1) is 11.5 Å². The van der Waals surface area contributed by atoms with Crippen LogP contribution in [0.15, 0.2) is 53.4 Å². The minimum Gasteiger partial charge on any atom is -0.272 e. The molecule has 0 saturated carbocycles. The number of amides is 2. The van der Waals surface area contributed by atoms with Crippen molar-refractivity contribution in [3.8, 4) is 0 Å². The molecule has 0 aliphatic rings. The molecular weight excluding hydrogens is 376 g/mol. The molecule has 0 aromatic heterocycles. The highest BCUT2D eigenvalue weighted by molar-refractivity contribution is 8.00. The molecule has 2 rings (SSSR count). The summed E-state index contributed by atoms with van der Waals surface area (Å²) >= 11 is 8.92. The number of hydrogen-bond acceptors (Lipinski definition) is 4. The molecule has 0 heterocycles. The zero-order valence-electron chi connectivity index (χ0n) is 13.8. The van der Waals surface area contributed by atoms with Gasteiger partial charge in [0.15, 0.2) is 0 Å². The predicted molar refractivity (Wildman–Crippen MR) is 106 cm³/mol. The number of carbonyl (C=O) groups is 2. The Morgan fingerprint density at radius 3 is 2.28 bits per heavy atom. The Kier molecular flexibility index (Phi) is 8.18. The number of hydrogen-bond donors (Lipinski definition) is 2. The highest BCUT2D eigenvalue weighted by atomic mass is 35.5. The lowest BCUT2D eigenvalue weighted by atomic mass is 10.2. The predicted octanol–water partition coefficient (Wildman–Crippen LogP) is 3.82. The zero-order valence-corrected chi connectivity index (χ0v) is 16.1. The summed E-state index contributed by atoms with van der Waals surface area (Å²) in [6.07, 6.45) is 0. The van der Waals surface area contributed by atoms with Gasteiger partial charge < -0.3 is 0 Å². The third-order valence-corrected chi connectivity index (χ3v) is 5.54. The molecule has 0 radical (unpaired) electrons. The third-order valence-electron chi connectivity index (χ3n) is 3.18. The normalized spacial score (nSPS) is 10.3. The minimum absolute atomic E-state index is 0.241. The molecular formula is C18H19ClN2O2S2. The summed E-state index contributed by atoms with van der Waals surface area (Å²) in [5.41, 5.74) is 7.01. The van der Waals surface area contributed by atoms with E-state index >= 15 is 0 Å². The van der Waals surface area contributed by atoms with Gasteiger partial charge in [0.25, 0.3) is 0 Å². The van der Waals surface area contributed by atoms with Crippen LogP contribution in [0.4, 0.5) is 0 Å². The van der Waals surface area contributed by atoms with Crippen molar-refractivity contribution in [1.29, 1.82) is 0 Å². The summed E-state index contributed by atoms with van der Waals surface area (Å²) in [5, 5.41) is 0.692. The Morgan fingerprint density at radius 1 is 0.960 bits per heavy atom. The number of rotatable bonds is 7. The van der Waals surface area contributed by atoms with Crippen molar-refractivity contribution in [3.05, 3.63) is 64.7 Å². The van der Waals surface area contributed by atoms with E-state index < -0.39 is 0 Å². The molecule has 0 bridgehead atoms. The number of thioether (sulfide) groups is 2. The quantitative estimate of drug-likeness (QED) is 0.553. The molecule has 0 aliphatic carbocycles. The molecule has 0 aliphatic heterocycles. The summed E-state index contributed by atoms with van der Waals surface area (Å²) in [6, 6.07) is 15.5. The van der Waals surface area contributed by atoms with Gasteiger partial charge in [0, 0.05) is 15.7 Å². The largest absolute Gasteiger partial charge is 0.272 e. The van der Waals surface area contributed by atoms with Gasteiger partial charge in [-0.3, -0.25) is 20.4 Å². The number of nitrogens with one attached hydrogen (secondary N) is 2. The first-order valence-corrected chi connectivity index (χ1v) is 10.1. The van der Waals surface area contributed by atoms with E-state index in [1.54, 1.807) is 0 Å². The standard InChI is InChI=1S/C18H19ClN2O2S2/c1-13-6-8-15(9-7-13)25-12-18(23)21-20-17(22)11-24-10-14-4-2-3-5-16(14)19/h2-9H,10-12H2,1H3,(H,20,22)(H,21,23). The fraction of sp³-hybridized carbons (Fsp3) is 0.222. The molecule has 0 saturated heterocycles. The van der Waals surface area contributed by atoms with Crippen LogP contribution >= 0.6 is 35.1 Å². The lowest BCUT2D eigenvalue weighted by Crippen LogP contribution is -2.43. The molecule has 2 aromatic carbocycles. The number of halogens is 1. The van der Waals surface area contributed by atoms with Crippen molar-refractivity contribution in [2.24, 2.45) is 0 Å². The number of benzene rings is 2. The van der Waals surface area contributed by atoms with Crippen LogP contribution in [0.5, 0.6) is 0 Å². The van der Waals surface area contributed by atoms with E-state index in [4.69, 9.17) is 11.6 Å². The van der Waals surface area contributed by atoms with Crippen LogP contribution in [0.25, 0.3) is 0 Å². The minimum atomic E-state index is -0.245. The zero-order chi connectivity index (χ0) is 18.1. The van der Waals surface area contributed by atoms with Gasteiger partial charge in [-0.25, -0.2) is 0 Å². The summed E-state index contributed by atoms with van der Waals surface area (Å²) in [5.74, 6) is 0.651. The van der Waals surface area contributed by atoms with Crippen LogP contribution in [-0.4, -0.2) is 23.3 Å². The maximum atomic E-state index is 11.8. The molecule has 0 atom stereocenters. The van der Waals surface area contributed by atoms with Crippen LogP contribution in [0.2, 0.25) is 5.02 Å². The Labute approximate surface area is 161 Å². The van der Waals surface area contributed by atoms with Crippen LogP contribution < -0.4 is 10.9 Å². The van der Waals surface area contributed by atoms with E-state index in [0.717, 1.165) is 10.5 Å². The Morgan fingerprint density at radius 2 is 1.60 bits per heavy atom. The fourth-order valence-corrected chi connectivity index (χ4v) is 3.68. The van der Waals surface area contributed by atoms with Gasteiger partial charge in [-0.1, -0.05) is 47.5 Å². The number of aryl methyl sites for hydroxylation is 1. The van der Waals surface area contributed by atoms with Gasteiger partial charge in [-0.15, -0.1) is 23.5 Å². The van der Waals surface area contributed by atoms with Gasteiger partial charge in [-0.05, 0) is 30.7 Å². The summed E-state index contributed by atoms with van der Waals surface area (Å²) < 4.78 is 0. The van der Waals surface area contributed by atoms with E-state index in [1.165, 1.54) is 29.1 Å². The highest BCUT2D eigenvalue weighted by Gasteiger charge is 2.07. The maximum Gasteiger partial charge on any atom is 0.248 e. The lowest BCUT2D eigenvalue weighted by Gasteiger charge is -2.08. The molecule has 0 spiro atoms. The maximum absolute atomic E-state index is 11.8. The van der Waals surface area contributed by atoms with Crippen molar-refractivity contribution in [2.45, 2.75) is 17.6 Å². The molecule has 7 heteroatoms. The smallest absolute Gasteiger partial charge is 0.248 e. The topological polar surface area (TPSA) is 58.2 Å². The summed E-state index contributed by atoms with van der Waals surface area (Å²) in [7, 11) is 0. The van der Waals surface area contributed by atoms with E-state index in [1.807, 2.05) is 55.5 Å². The average Bonchev–Trinajstić information content (AvgIpc) is 2.61. The molecule has 25 heavy (non-hydrogen) atoms. The number of carbonyl (C=O) groups excluding carboxylic acids is 2. The van der Waals surface area contributed by atoms with Crippen LogP contribution in [0, 0.1) is 6.92 Å². The Hall–Kier alpha value is -1.63. The van der Waals surface area contributed by atoms with Gasteiger partial charge in [-0.2, -0.15) is 0 Å². The third kappa shape index (κ3) is 7.42. The van der Waals surface area contributed by atoms with Crippen LogP contribution in [-0.2, 0) is 15.3 Å². The number of hydrazine groups is 1. The molecule has 0 unspecified atom stereocenters. The molecule has 2 amide bonds. The fourth-order valence-electron chi connectivity index (χ4n) is 1.86. The summed E-state index contributed by atoms with van der Waals surface area (Å²) in [6.45, 7) is 2.01. The van der Waals surface area contributed by atoms with Crippen molar-refractivity contribution in [2.75, 3.05) is 11.5 Å². The van der Waals surface area contributed by atoms with Gasteiger partial charge in [0.2, 0.25) is 11.8 Å². The molecule has 2 N–H and O–H groups in total. The van der Waals surface area contributed by atoms with Crippen LogP contribution in [0.1, 0.15) is 11.1 Å². The lowest BCUT2D eigenvalue weighted by molar-refractivity contribution is -0.126. The first-order valence-electron chi connectivity index (χ1n) is 7.63. The van der Waals surface area contributed by atoms with E-state index in [0.29, 0.717) is 10.8 Å². The second kappa shape index (κ2) is 10.4. The Balaban J connectivity index is 1.61. The van der Waals surface area contributed by atoms with Gasteiger partial charge >= 0.3 is 0 Å². The van der Waals surface area contributed by atoms with Crippen LogP contribution in [0.3, 0.4) is 0 Å². The second-order valence-electron chi connectivity index (χ2n) is 5.28. The first-order chi connectivity index (χ1) is 12.0. The molecule has 2 aromatic rings. The average molecular weight is 395 g/mol. The monoisotopic (exact) mass is 394 g/mol. The van der Waals surface area contributed by atoms with Crippen molar-refractivity contribution in [1.82, 2.24) is 10.9 Å². The van der Waals surface area contributed by atoms with Crippen molar-refractivity contribution < 1.29 is 9.59 Å². The van der Waals surface area contributed by atoms with Crippen molar-refractivity contribution >= 4 is 46.9 Å². The first kappa shape index (κ1) is 19.7. The van der Waals surface area contributed by atoms with E-state index in [-0.39, 0.29) is 23.3 Å². The van der Waals surface area contributed by atoms with Crippen molar-refractivity contribution in [3.63, 3.8) is 0 Å².